The van der Waals surface area contributed by atoms with Crippen LogP contribution in [0.4, 0.5) is 5.95 Å². The molecule has 0 N–H and O–H groups in total. The monoisotopic (exact) mass is 432 g/mol. The quantitative estimate of drug-likeness (QED) is 0.435. The molecule has 32 heavy (non-hydrogen) atoms. The summed E-state index contributed by atoms with van der Waals surface area (Å²) >= 11 is 0. The van der Waals surface area contributed by atoms with E-state index in [4.69, 9.17) is 14.1 Å². The summed E-state index contributed by atoms with van der Waals surface area (Å²) in [5.74, 6) is 2.40. The molecule has 4 heterocycles. The topological polar surface area (TPSA) is 108 Å². The highest BCUT2D eigenvalue weighted by atomic mass is 16.5. The maximum absolute atomic E-state index is 6.11. The molecule has 1 aromatic carbocycles. The van der Waals surface area contributed by atoms with E-state index in [1.807, 2.05) is 42.7 Å². The van der Waals surface area contributed by atoms with Gasteiger partial charge in [-0.1, -0.05) is 25.1 Å². The van der Waals surface area contributed by atoms with E-state index in [0.717, 1.165) is 43.9 Å². The molecule has 1 fully saturated rings. The Morgan fingerprint density at radius 1 is 1.12 bits per heavy atom. The Balaban J connectivity index is 1.28. The van der Waals surface area contributed by atoms with E-state index in [2.05, 4.69) is 37.3 Å². The van der Waals surface area contributed by atoms with Crippen molar-refractivity contribution in [3.8, 4) is 5.75 Å². The van der Waals surface area contributed by atoms with E-state index in [9.17, 15) is 0 Å². The third kappa shape index (κ3) is 4.29. The average molecular weight is 432 g/mol. The minimum atomic E-state index is -0.615. The van der Waals surface area contributed by atoms with E-state index in [-0.39, 0.29) is 5.92 Å². The van der Waals surface area contributed by atoms with Gasteiger partial charge in [0.1, 0.15) is 24.0 Å². The highest BCUT2D eigenvalue weighted by molar-refractivity contribution is 5.31. The Kier molecular flexibility index (Phi) is 5.73. The Hall–Kier alpha value is -3.82. The van der Waals surface area contributed by atoms with E-state index in [0.29, 0.717) is 17.3 Å². The van der Waals surface area contributed by atoms with Gasteiger partial charge in [-0.25, -0.2) is 15.0 Å². The number of tetrazole rings is 1. The van der Waals surface area contributed by atoms with Crippen LogP contribution in [-0.4, -0.2) is 48.2 Å². The van der Waals surface area contributed by atoms with Crippen LogP contribution in [0.5, 0.6) is 5.75 Å². The Bertz CT molecular complexity index is 1110. The average Bonchev–Trinajstić information content (AvgIpc) is 3.56. The van der Waals surface area contributed by atoms with Gasteiger partial charge >= 0.3 is 0 Å². The van der Waals surface area contributed by atoms with Gasteiger partial charge in [-0.2, -0.15) is 4.68 Å². The van der Waals surface area contributed by atoms with Crippen LogP contribution in [0.25, 0.3) is 0 Å². The summed E-state index contributed by atoms with van der Waals surface area (Å²) in [5.41, 5.74) is 1.77. The van der Waals surface area contributed by atoms with E-state index >= 15 is 0 Å². The second-order valence-electron chi connectivity index (χ2n) is 7.69. The second kappa shape index (κ2) is 9.13. The zero-order valence-electron chi connectivity index (χ0n) is 17.8. The van der Waals surface area contributed by atoms with Gasteiger partial charge in [-0.05, 0) is 47.4 Å². The van der Waals surface area contributed by atoms with Crippen LogP contribution in [0.2, 0.25) is 0 Å². The largest absolute Gasteiger partial charge is 0.463 e. The molecule has 164 valence electrons. The first-order chi connectivity index (χ1) is 15.8. The summed E-state index contributed by atoms with van der Waals surface area (Å²) in [6.07, 6.45) is 9.08. The zero-order chi connectivity index (χ0) is 21.8. The number of rotatable bonds is 7. The summed E-state index contributed by atoms with van der Waals surface area (Å²) in [4.78, 5) is 16.0. The lowest BCUT2D eigenvalue weighted by Gasteiger charge is -2.30. The number of nitrogens with zero attached hydrogens (tertiary/aromatic N) is 8. The summed E-state index contributed by atoms with van der Waals surface area (Å²) in [7, 11) is 0. The number of oxazole rings is 1. The molecular formula is C22H24N8O2. The Morgan fingerprint density at radius 2 is 1.91 bits per heavy atom. The third-order valence-electron chi connectivity index (χ3n) is 5.62. The van der Waals surface area contributed by atoms with Crippen LogP contribution < -0.4 is 9.64 Å². The van der Waals surface area contributed by atoms with E-state index in [1.165, 1.54) is 11.0 Å². The molecule has 0 spiro atoms. The van der Waals surface area contributed by atoms with Gasteiger partial charge in [0.05, 0.1) is 0 Å². The lowest BCUT2D eigenvalue weighted by molar-refractivity contribution is 0.152. The van der Waals surface area contributed by atoms with E-state index in [1.54, 1.807) is 6.26 Å². The highest BCUT2D eigenvalue weighted by Gasteiger charge is 2.28. The smallest absolute Gasteiger partial charge is 0.240 e. The number of anilines is 1. The van der Waals surface area contributed by atoms with Gasteiger partial charge < -0.3 is 14.1 Å². The number of benzene rings is 1. The van der Waals surface area contributed by atoms with Crippen LogP contribution in [0, 0.1) is 0 Å². The van der Waals surface area contributed by atoms with Gasteiger partial charge in [0, 0.05) is 31.4 Å². The van der Waals surface area contributed by atoms with Crippen LogP contribution in [-0.2, 0) is 6.42 Å². The van der Waals surface area contributed by atoms with Crippen LogP contribution in [0.15, 0.2) is 59.7 Å². The molecule has 0 bridgehead atoms. The highest BCUT2D eigenvalue weighted by Crippen LogP contribution is 2.31. The summed E-state index contributed by atoms with van der Waals surface area (Å²) < 4.78 is 13.5. The number of aromatic nitrogens is 7. The molecule has 1 saturated heterocycles. The molecule has 10 heteroatoms. The molecule has 1 aliphatic rings. The van der Waals surface area contributed by atoms with Gasteiger partial charge in [0.25, 0.3) is 0 Å². The fraction of sp³-hybridized carbons (Fsp3) is 0.364. The van der Waals surface area contributed by atoms with Gasteiger partial charge in [0.15, 0.2) is 5.89 Å². The molecule has 10 nitrogen and oxygen atoms in total. The maximum Gasteiger partial charge on any atom is 0.240 e. The van der Waals surface area contributed by atoms with Crippen molar-refractivity contribution in [1.29, 1.82) is 0 Å². The molecule has 5 rings (SSSR count). The molecule has 0 amide bonds. The van der Waals surface area contributed by atoms with Crippen molar-refractivity contribution in [2.24, 2.45) is 0 Å². The van der Waals surface area contributed by atoms with Crippen molar-refractivity contribution >= 4 is 5.95 Å². The van der Waals surface area contributed by atoms with Crippen LogP contribution >= 0.6 is 0 Å². The van der Waals surface area contributed by atoms with Gasteiger partial charge in [0.2, 0.25) is 12.2 Å². The SMILES string of the molecule is CCc1cnc(N2CCC(c3nc(C(Oc4ccccc4)n4cnnn4)co3)CC2)nc1. The lowest BCUT2D eigenvalue weighted by atomic mass is 9.97. The van der Waals surface area contributed by atoms with Gasteiger partial charge in [-0.15, -0.1) is 5.10 Å². The first-order valence-electron chi connectivity index (χ1n) is 10.8. The summed E-state index contributed by atoms with van der Waals surface area (Å²) in [6, 6.07) is 9.51. The molecule has 0 saturated carbocycles. The minimum absolute atomic E-state index is 0.223. The predicted octanol–water partition coefficient (Wildman–Crippen LogP) is 3.02. The number of para-hydroxylation sites is 1. The van der Waals surface area contributed by atoms with Crippen molar-refractivity contribution in [3.05, 3.63) is 72.5 Å². The normalized spacial score (nSPS) is 15.6. The fourth-order valence-electron chi connectivity index (χ4n) is 3.78. The zero-order valence-corrected chi connectivity index (χ0v) is 17.8. The molecule has 1 atom stereocenters. The number of aryl methyl sites for hydroxylation is 1. The molecule has 1 unspecified atom stereocenters. The Morgan fingerprint density at radius 3 is 2.59 bits per heavy atom. The van der Waals surface area contributed by atoms with E-state index < -0.39 is 6.23 Å². The summed E-state index contributed by atoms with van der Waals surface area (Å²) in [6.45, 7) is 3.80. The summed E-state index contributed by atoms with van der Waals surface area (Å²) in [5, 5.41) is 11.5. The van der Waals surface area contributed by atoms with Crippen LogP contribution in [0.3, 0.4) is 0 Å². The number of piperidine rings is 1. The first-order valence-corrected chi connectivity index (χ1v) is 10.8. The van der Waals surface area contributed by atoms with Crippen molar-refractivity contribution < 1.29 is 9.15 Å². The van der Waals surface area contributed by atoms with Crippen LogP contribution in [0.1, 0.15) is 49.1 Å². The standard InChI is InChI=1S/C22H24N8O2/c1-2-16-12-23-22(24-13-16)29-10-8-17(9-11-29)20-26-19(14-31-20)21(30-15-25-27-28-30)32-18-6-4-3-5-7-18/h3-7,12-15,17,21H,2,8-11H2,1H3. The predicted molar refractivity (Wildman–Crippen MR) is 115 cm³/mol. The molecule has 1 aliphatic heterocycles. The minimum Gasteiger partial charge on any atom is -0.463 e. The molecule has 3 aromatic heterocycles. The van der Waals surface area contributed by atoms with Crippen molar-refractivity contribution in [3.63, 3.8) is 0 Å². The molecule has 0 aliphatic carbocycles. The maximum atomic E-state index is 6.11. The van der Waals surface area contributed by atoms with Crippen molar-refractivity contribution in [2.45, 2.75) is 38.3 Å². The number of ether oxygens (including phenoxy) is 1. The third-order valence-corrected chi connectivity index (χ3v) is 5.62. The number of hydrogen-bond donors (Lipinski definition) is 0. The molecular weight excluding hydrogens is 408 g/mol. The van der Waals surface area contributed by atoms with Crippen molar-refractivity contribution in [1.82, 2.24) is 35.2 Å². The second-order valence-corrected chi connectivity index (χ2v) is 7.69. The first kappa shape index (κ1) is 20.1. The number of hydrogen-bond acceptors (Lipinski definition) is 9. The van der Waals surface area contributed by atoms with Crippen molar-refractivity contribution in [2.75, 3.05) is 18.0 Å². The molecule has 4 aromatic rings. The fourth-order valence-corrected chi connectivity index (χ4v) is 3.78. The lowest BCUT2D eigenvalue weighted by Crippen LogP contribution is -2.34. The molecule has 0 radical (unpaired) electrons. The Labute approximate surface area is 185 Å². The van der Waals surface area contributed by atoms with Gasteiger partial charge in [-0.3, -0.25) is 0 Å².